The fraction of sp³-hybridized carbons (Fsp3) is 0.611. The molecule has 0 aromatic heterocycles. The zero-order valence-corrected chi connectivity index (χ0v) is 13.5. The van der Waals surface area contributed by atoms with E-state index in [0.717, 1.165) is 25.7 Å². The minimum absolute atomic E-state index is 0.00189. The SMILES string of the molecule is CCC(CNC(=O)C1C2CCC(C2)C1N)Oc1cccc(F)c1. The Hall–Kier alpha value is -1.62. The van der Waals surface area contributed by atoms with Crippen LogP contribution in [0.1, 0.15) is 32.6 Å². The summed E-state index contributed by atoms with van der Waals surface area (Å²) in [5.41, 5.74) is 6.21. The monoisotopic (exact) mass is 320 g/mol. The number of halogens is 1. The van der Waals surface area contributed by atoms with Gasteiger partial charge < -0.3 is 15.8 Å². The Bertz CT molecular complexity index is 564. The van der Waals surface area contributed by atoms with Crippen LogP contribution in [0.15, 0.2) is 24.3 Å². The van der Waals surface area contributed by atoms with Gasteiger partial charge in [-0.2, -0.15) is 0 Å². The number of hydrogen-bond acceptors (Lipinski definition) is 3. The summed E-state index contributed by atoms with van der Waals surface area (Å²) in [6, 6.07) is 6.07. The standard InChI is InChI=1S/C18H25FN2O2/c1-2-14(23-15-5-3-4-13(19)9-15)10-21-18(22)16-11-6-7-12(8-11)17(16)20/h3-5,9,11-12,14,16-17H,2,6-8,10,20H2,1H3,(H,21,22). The topological polar surface area (TPSA) is 64.4 Å². The van der Waals surface area contributed by atoms with Crippen LogP contribution in [0.2, 0.25) is 0 Å². The Labute approximate surface area is 136 Å². The lowest BCUT2D eigenvalue weighted by Crippen LogP contribution is -2.47. The Morgan fingerprint density at radius 1 is 1.43 bits per heavy atom. The molecule has 2 aliphatic carbocycles. The molecule has 2 saturated carbocycles. The normalized spacial score (nSPS) is 30.2. The van der Waals surface area contributed by atoms with Crippen molar-refractivity contribution in [1.82, 2.24) is 5.32 Å². The Kier molecular flexibility index (Phi) is 4.85. The molecule has 0 heterocycles. The summed E-state index contributed by atoms with van der Waals surface area (Å²) in [6.45, 7) is 2.41. The zero-order chi connectivity index (χ0) is 16.4. The summed E-state index contributed by atoms with van der Waals surface area (Å²) < 4.78 is 19.0. The highest BCUT2D eigenvalue weighted by molar-refractivity contribution is 5.80. The van der Waals surface area contributed by atoms with E-state index in [0.29, 0.717) is 24.1 Å². The first kappa shape index (κ1) is 16.2. The Morgan fingerprint density at radius 3 is 2.87 bits per heavy atom. The fourth-order valence-electron chi connectivity index (χ4n) is 4.06. The van der Waals surface area contributed by atoms with Crippen molar-refractivity contribution in [1.29, 1.82) is 0 Å². The maximum absolute atomic E-state index is 13.2. The van der Waals surface area contributed by atoms with Crippen molar-refractivity contribution in [2.24, 2.45) is 23.5 Å². The second-order valence-electron chi connectivity index (χ2n) is 6.79. The Morgan fingerprint density at radius 2 is 2.22 bits per heavy atom. The van der Waals surface area contributed by atoms with E-state index >= 15 is 0 Å². The number of fused-ring (bicyclic) bond motifs is 2. The molecule has 5 atom stereocenters. The van der Waals surface area contributed by atoms with E-state index in [9.17, 15) is 9.18 Å². The predicted molar refractivity (Wildman–Crippen MR) is 86.4 cm³/mol. The molecule has 0 radical (unpaired) electrons. The molecule has 5 unspecified atom stereocenters. The lowest BCUT2D eigenvalue weighted by Gasteiger charge is -2.28. The summed E-state index contributed by atoms with van der Waals surface area (Å²) >= 11 is 0. The van der Waals surface area contributed by atoms with E-state index in [1.165, 1.54) is 12.1 Å². The van der Waals surface area contributed by atoms with E-state index < -0.39 is 0 Å². The third kappa shape index (κ3) is 3.50. The van der Waals surface area contributed by atoms with E-state index in [1.807, 2.05) is 6.92 Å². The first-order valence-corrected chi connectivity index (χ1v) is 8.54. The Balaban J connectivity index is 1.53. The summed E-state index contributed by atoms with van der Waals surface area (Å²) in [5.74, 6) is 1.11. The van der Waals surface area contributed by atoms with Crippen LogP contribution >= 0.6 is 0 Å². The average Bonchev–Trinajstić information content (AvgIpc) is 3.12. The highest BCUT2D eigenvalue weighted by Crippen LogP contribution is 2.47. The average molecular weight is 320 g/mol. The quantitative estimate of drug-likeness (QED) is 0.846. The van der Waals surface area contributed by atoms with Crippen LogP contribution in [0.5, 0.6) is 5.75 Å². The highest BCUT2D eigenvalue weighted by atomic mass is 19.1. The van der Waals surface area contributed by atoms with Crippen molar-refractivity contribution in [3.63, 3.8) is 0 Å². The highest BCUT2D eigenvalue weighted by Gasteiger charge is 2.48. The molecule has 5 heteroatoms. The van der Waals surface area contributed by atoms with Crippen LogP contribution in [0.4, 0.5) is 4.39 Å². The number of benzene rings is 1. The minimum atomic E-state index is -0.325. The molecule has 3 rings (SSSR count). The summed E-state index contributed by atoms with van der Waals surface area (Å²) in [5, 5.41) is 2.99. The van der Waals surface area contributed by atoms with Gasteiger partial charge >= 0.3 is 0 Å². The molecule has 1 amide bonds. The third-order valence-corrected chi connectivity index (χ3v) is 5.34. The number of hydrogen-bond donors (Lipinski definition) is 2. The molecule has 1 aromatic carbocycles. The van der Waals surface area contributed by atoms with Gasteiger partial charge in [-0.25, -0.2) is 4.39 Å². The zero-order valence-electron chi connectivity index (χ0n) is 13.5. The summed E-state index contributed by atoms with van der Waals surface area (Å²) in [6.07, 6.45) is 3.94. The maximum atomic E-state index is 13.2. The molecule has 23 heavy (non-hydrogen) atoms. The molecular formula is C18H25FN2O2. The van der Waals surface area contributed by atoms with Gasteiger partial charge in [0.2, 0.25) is 5.91 Å². The molecule has 0 spiro atoms. The van der Waals surface area contributed by atoms with Gasteiger partial charge in [-0.3, -0.25) is 4.79 Å². The van der Waals surface area contributed by atoms with Crippen LogP contribution in [-0.4, -0.2) is 24.6 Å². The van der Waals surface area contributed by atoms with Crippen molar-refractivity contribution in [3.05, 3.63) is 30.1 Å². The van der Waals surface area contributed by atoms with Gasteiger partial charge in [-0.1, -0.05) is 13.0 Å². The number of ether oxygens (including phenoxy) is 1. The molecule has 2 bridgehead atoms. The van der Waals surface area contributed by atoms with Crippen molar-refractivity contribution in [3.8, 4) is 5.75 Å². The van der Waals surface area contributed by atoms with Gasteiger partial charge in [0.1, 0.15) is 17.7 Å². The molecule has 1 aromatic rings. The summed E-state index contributed by atoms with van der Waals surface area (Å²) in [7, 11) is 0. The van der Waals surface area contributed by atoms with Crippen LogP contribution < -0.4 is 15.8 Å². The van der Waals surface area contributed by atoms with E-state index in [4.69, 9.17) is 10.5 Å². The number of nitrogens with one attached hydrogen (secondary N) is 1. The molecule has 126 valence electrons. The second-order valence-corrected chi connectivity index (χ2v) is 6.79. The molecule has 2 fully saturated rings. The molecule has 4 nitrogen and oxygen atoms in total. The number of rotatable bonds is 6. The molecule has 0 saturated heterocycles. The fourth-order valence-corrected chi connectivity index (χ4v) is 4.06. The van der Waals surface area contributed by atoms with Crippen LogP contribution in [0.25, 0.3) is 0 Å². The first-order valence-electron chi connectivity index (χ1n) is 8.54. The van der Waals surface area contributed by atoms with Gasteiger partial charge in [0.05, 0.1) is 12.5 Å². The van der Waals surface area contributed by atoms with Crippen LogP contribution in [-0.2, 0) is 4.79 Å². The van der Waals surface area contributed by atoms with Gasteiger partial charge in [0.25, 0.3) is 0 Å². The summed E-state index contributed by atoms with van der Waals surface area (Å²) in [4.78, 5) is 12.5. The number of carbonyl (C=O) groups is 1. The smallest absolute Gasteiger partial charge is 0.225 e. The number of carbonyl (C=O) groups excluding carboxylic acids is 1. The van der Waals surface area contributed by atoms with Crippen LogP contribution in [0.3, 0.4) is 0 Å². The molecular weight excluding hydrogens is 295 g/mol. The number of amides is 1. The van der Waals surface area contributed by atoms with Crippen molar-refractivity contribution in [2.45, 2.75) is 44.8 Å². The lowest BCUT2D eigenvalue weighted by atomic mass is 9.84. The molecule has 2 aliphatic rings. The number of nitrogens with two attached hydrogens (primary N) is 1. The first-order chi connectivity index (χ1) is 11.1. The maximum Gasteiger partial charge on any atom is 0.225 e. The van der Waals surface area contributed by atoms with Gasteiger partial charge in [-0.15, -0.1) is 0 Å². The molecule has 0 aliphatic heterocycles. The van der Waals surface area contributed by atoms with Crippen molar-refractivity contribution >= 4 is 5.91 Å². The van der Waals surface area contributed by atoms with E-state index in [-0.39, 0.29) is 29.8 Å². The largest absolute Gasteiger partial charge is 0.489 e. The second kappa shape index (κ2) is 6.87. The predicted octanol–water partition coefficient (Wildman–Crippen LogP) is 2.47. The minimum Gasteiger partial charge on any atom is -0.489 e. The van der Waals surface area contributed by atoms with Gasteiger partial charge in [0.15, 0.2) is 0 Å². The van der Waals surface area contributed by atoms with Crippen molar-refractivity contribution < 1.29 is 13.9 Å². The third-order valence-electron chi connectivity index (χ3n) is 5.34. The molecule has 3 N–H and O–H groups in total. The van der Waals surface area contributed by atoms with Crippen molar-refractivity contribution in [2.75, 3.05) is 6.54 Å². The van der Waals surface area contributed by atoms with E-state index in [1.54, 1.807) is 12.1 Å². The van der Waals surface area contributed by atoms with Crippen LogP contribution in [0, 0.1) is 23.6 Å². The van der Waals surface area contributed by atoms with Gasteiger partial charge in [-0.05, 0) is 49.7 Å². The lowest BCUT2D eigenvalue weighted by molar-refractivity contribution is -0.127. The van der Waals surface area contributed by atoms with E-state index in [2.05, 4.69) is 5.32 Å². The van der Waals surface area contributed by atoms with Gasteiger partial charge in [0, 0.05) is 12.1 Å².